The molecule has 1 saturated heterocycles. The van der Waals surface area contributed by atoms with Crippen LogP contribution in [-0.2, 0) is 15.9 Å². The van der Waals surface area contributed by atoms with Crippen molar-refractivity contribution in [2.45, 2.75) is 32.1 Å². The van der Waals surface area contributed by atoms with Crippen molar-refractivity contribution < 1.29 is 9.47 Å². The van der Waals surface area contributed by atoms with E-state index in [0.717, 1.165) is 18.8 Å². The normalized spacial score (nSPS) is 21.1. The van der Waals surface area contributed by atoms with Crippen LogP contribution in [0.1, 0.15) is 19.7 Å². The molecule has 0 bridgehead atoms. The SMILES string of the molecule is CC1(C)OCC(NCCc2ncn[nH]2)CO1. The minimum atomic E-state index is -0.441. The van der Waals surface area contributed by atoms with Gasteiger partial charge in [-0.1, -0.05) is 0 Å². The Labute approximate surface area is 94.7 Å². The first-order chi connectivity index (χ1) is 7.66. The van der Waals surface area contributed by atoms with E-state index >= 15 is 0 Å². The Morgan fingerprint density at radius 2 is 2.25 bits per heavy atom. The predicted molar refractivity (Wildman–Crippen MR) is 57.9 cm³/mol. The van der Waals surface area contributed by atoms with Crippen molar-refractivity contribution in [1.82, 2.24) is 20.5 Å². The van der Waals surface area contributed by atoms with Crippen LogP contribution < -0.4 is 5.32 Å². The van der Waals surface area contributed by atoms with Crippen molar-refractivity contribution in [3.05, 3.63) is 12.2 Å². The van der Waals surface area contributed by atoms with Crippen molar-refractivity contribution in [2.75, 3.05) is 19.8 Å². The second-order valence-corrected chi connectivity index (χ2v) is 4.36. The molecular formula is C10H18N4O2. The molecule has 1 aliphatic heterocycles. The Bertz CT molecular complexity index is 303. The third kappa shape index (κ3) is 3.26. The Hall–Kier alpha value is -0.980. The van der Waals surface area contributed by atoms with Gasteiger partial charge in [0.2, 0.25) is 0 Å². The molecule has 2 heterocycles. The molecule has 0 spiro atoms. The lowest BCUT2D eigenvalue weighted by molar-refractivity contribution is -0.252. The molecule has 1 fully saturated rings. The number of hydrogen-bond acceptors (Lipinski definition) is 5. The summed E-state index contributed by atoms with van der Waals surface area (Å²) in [5, 5.41) is 9.98. The lowest BCUT2D eigenvalue weighted by Crippen LogP contribution is -2.48. The van der Waals surface area contributed by atoms with Gasteiger partial charge in [-0.15, -0.1) is 0 Å². The minimum Gasteiger partial charge on any atom is -0.349 e. The largest absolute Gasteiger partial charge is 0.349 e. The smallest absolute Gasteiger partial charge is 0.162 e. The second-order valence-electron chi connectivity index (χ2n) is 4.36. The molecule has 6 heteroatoms. The third-order valence-electron chi connectivity index (χ3n) is 2.52. The van der Waals surface area contributed by atoms with E-state index in [1.54, 1.807) is 0 Å². The van der Waals surface area contributed by atoms with Crippen LogP contribution in [0.15, 0.2) is 6.33 Å². The number of nitrogens with one attached hydrogen (secondary N) is 2. The number of hydrogen-bond donors (Lipinski definition) is 2. The standard InChI is InChI=1S/C10H18N4O2/c1-10(2)15-5-8(6-16-10)11-4-3-9-12-7-13-14-9/h7-8,11H,3-6H2,1-2H3,(H,12,13,14). The number of aromatic nitrogens is 3. The molecule has 0 unspecified atom stereocenters. The summed E-state index contributed by atoms with van der Waals surface area (Å²) in [5.74, 6) is 0.453. The van der Waals surface area contributed by atoms with E-state index in [1.807, 2.05) is 13.8 Å². The molecule has 2 N–H and O–H groups in total. The van der Waals surface area contributed by atoms with Gasteiger partial charge < -0.3 is 14.8 Å². The summed E-state index contributed by atoms with van der Waals surface area (Å²) in [7, 11) is 0. The van der Waals surface area contributed by atoms with Crippen LogP contribution >= 0.6 is 0 Å². The molecular weight excluding hydrogens is 208 g/mol. The molecule has 2 rings (SSSR count). The average molecular weight is 226 g/mol. The fourth-order valence-corrected chi connectivity index (χ4v) is 1.56. The highest BCUT2D eigenvalue weighted by Gasteiger charge is 2.27. The van der Waals surface area contributed by atoms with Gasteiger partial charge in [-0.05, 0) is 13.8 Å². The fraction of sp³-hybridized carbons (Fsp3) is 0.800. The maximum Gasteiger partial charge on any atom is 0.162 e. The molecule has 0 atom stereocenters. The summed E-state index contributed by atoms with van der Waals surface area (Å²) < 4.78 is 11.1. The van der Waals surface area contributed by atoms with Crippen LogP contribution in [-0.4, -0.2) is 46.8 Å². The zero-order valence-corrected chi connectivity index (χ0v) is 9.69. The van der Waals surface area contributed by atoms with Crippen molar-refractivity contribution in [3.8, 4) is 0 Å². The zero-order chi connectivity index (χ0) is 11.4. The molecule has 1 aromatic heterocycles. The van der Waals surface area contributed by atoms with E-state index in [0.29, 0.717) is 13.2 Å². The molecule has 0 aromatic carbocycles. The van der Waals surface area contributed by atoms with Crippen LogP contribution in [0.2, 0.25) is 0 Å². The molecule has 6 nitrogen and oxygen atoms in total. The van der Waals surface area contributed by atoms with E-state index in [4.69, 9.17) is 9.47 Å². The quantitative estimate of drug-likeness (QED) is 0.761. The predicted octanol–water partition coefficient (Wildman–Crippen LogP) is 0.0883. The highest BCUT2D eigenvalue weighted by molar-refractivity contribution is 4.82. The molecule has 0 amide bonds. The lowest BCUT2D eigenvalue weighted by Gasteiger charge is -2.35. The minimum absolute atomic E-state index is 0.260. The summed E-state index contributed by atoms with van der Waals surface area (Å²) in [6.07, 6.45) is 2.35. The maximum atomic E-state index is 5.55. The number of rotatable bonds is 4. The van der Waals surface area contributed by atoms with E-state index < -0.39 is 5.79 Å². The van der Waals surface area contributed by atoms with E-state index in [1.165, 1.54) is 6.33 Å². The van der Waals surface area contributed by atoms with Gasteiger partial charge in [-0.2, -0.15) is 5.10 Å². The van der Waals surface area contributed by atoms with Gasteiger partial charge in [0.15, 0.2) is 5.79 Å². The lowest BCUT2D eigenvalue weighted by atomic mass is 10.2. The first-order valence-corrected chi connectivity index (χ1v) is 5.51. The first-order valence-electron chi connectivity index (χ1n) is 5.51. The van der Waals surface area contributed by atoms with Crippen molar-refractivity contribution in [3.63, 3.8) is 0 Å². The zero-order valence-electron chi connectivity index (χ0n) is 9.69. The van der Waals surface area contributed by atoms with Gasteiger partial charge in [0.25, 0.3) is 0 Å². The highest BCUT2D eigenvalue weighted by Crippen LogP contribution is 2.16. The molecule has 0 radical (unpaired) electrons. The fourth-order valence-electron chi connectivity index (χ4n) is 1.56. The third-order valence-corrected chi connectivity index (χ3v) is 2.52. The summed E-state index contributed by atoms with van der Waals surface area (Å²) in [4.78, 5) is 4.05. The molecule has 0 aliphatic carbocycles. The van der Waals surface area contributed by atoms with E-state index in [2.05, 4.69) is 20.5 Å². The molecule has 90 valence electrons. The number of H-pyrrole nitrogens is 1. The maximum absolute atomic E-state index is 5.55. The number of ether oxygens (including phenoxy) is 2. The van der Waals surface area contributed by atoms with Gasteiger partial charge in [0.05, 0.1) is 19.3 Å². The molecule has 1 aliphatic rings. The average Bonchev–Trinajstić information content (AvgIpc) is 2.73. The molecule has 16 heavy (non-hydrogen) atoms. The summed E-state index contributed by atoms with van der Waals surface area (Å²) in [6.45, 7) is 6.06. The highest BCUT2D eigenvalue weighted by atomic mass is 16.7. The summed E-state index contributed by atoms with van der Waals surface area (Å²) in [6, 6.07) is 0.260. The van der Waals surface area contributed by atoms with Crippen LogP contribution in [0.5, 0.6) is 0 Å². The van der Waals surface area contributed by atoms with E-state index in [-0.39, 0.29) is 6.04 Å². The van der Waals surface area contributed by atoms with Crippen LogP contribution in [0, 0.1) is 0 Å². The topological polar surface area (TPSA) is 72.1 Å². The molecule has 0 saturated carbocycles. The Kier molecular flexibility index (Phi) is 3.52. The van der Waals surface area contributed by atoms with Crippen LogP contribution in [0.3, 0.4) is 0 Å². The van der Waals surface area contributed by atoms with Crippen LogP contribution in [0.4, 0.5) is 0 Å². The molecule has 1 aromatic rings. The first kappa shape index (κ1) is 11.5. The monoisotopic (exact) mass is 226 g/mol. The van der Waals surface area contributed by atoms with Crippen LogP contribution in [0.25, 0.3) is 0 Å². The Balaban J connectivity index is 1.64. The Morgan fingerprint density at radius 3 is 2.88 bits per heavy atom. The van der Waals surface area contributed by atoms with Gasteiger partial charge in [-0.3, -0.25) is 5.10 Å². The van der Waals surface area contributed by atoms with Gasteiger partial charge in [0, 0.05) is 13.0 Å². The number of aromatic amines is 1. The Morgan fingerprint density at radius 1 is 1.50 bits per heavy atom. The van der Waals surface area contributed by atoms with Crippen molar-refractivity contribution in [2.24, 2.45) is 0 Å². The van der Waals surface area contributed by atoms with Gasteiger partial charge >= 0.3 is 0 Å². The van der Waals surface area contributed by atoms with E-state index in [9.17, 15) is 0 Å². The number of nitrogens with zero attached hydrogens (tertiary/aromatic N) is 2. The summed E-state index contributed by atoms with van der Waals surface area (Å²) >= 11 is 0. The van der Waals surface area contributed by atoms with Crippen molar-refractivity contribution in [1.29, 1.82) is 0 Å². The van der Waals surface area contributed by atoms with Gasteiger partial charge in [-0.25, -0.2) is 4.98 Å². The van der Waals surface area contributed by atoms with Crippen molar-refractivity contribution >= 4 is 0 Å². The second kappa shape index (κ2) is 4.90. The van der Waals surface area contributed by atoms with Gasteiger partial charge in [0.1, 0.15) is 12.2 Å². The summed E-state index contributed by atoms with van der Waals surface area (Å²) in [5.41, 5.74) is 0.